The van der Waals surface area contributed by atoms with Gasteiger partial charge in [0, 0.05) is 33.4 Å². The van der Waals surface area contributed by atoms with Crippen LogP contribution in [0, 0.1) is 6.92 Å². The number of anilines is 1. The molecule has 1 aliphatic rings. The third-order valence-electron chi connectivity index (χ3n) is 6.79. The van der Waals surface area contributed by atoms with Gasteiger partial charge in [-0.3, -0.25) is 14.5 Å². The highest BCUT2D eigenvalue weighted by Gasteiger charge is 2.48. The fourth-order valence-electron chi connectivity index (χ4n) is 5.00. The zero-order valence-corrected chi connectivity index (χ0v) is 21.6. The van der Waals surface area contributed by atoms with Crippen LogP contribution in [0.3, 0.4) is 0 Å². The molecule has 5 rings (SSSR count). The van der Waals surface area contributed by atoms with E-state index in [4.69, 9.17) is 16.3 Å². The Kier molecular flexibility index (Phi) is 6.52. The normalized spacial score (nSPS) is 17.1. The zero-order valence-electron chi connectivity index (χ0n) is 20.8. The summed E-state index contributed by atoms with van der Waals surface area (Å²) in [6.45, 7) is 6.23. The fourth-order valence-corrected chi connectivity index (χ4v) is 5.21. The predicted molar refractivity (Wildman–Crippen MR) is 146 cm³/mol. The third kappa shape index (κ3) is 4.17. The lowest BCUT2D eigenvalue weighted by molar-refractivity contribution is -0.132. The van der Waals surface area contributed by atoms with Crippen LogP contribution in [0.25, 0.3) is 16.7 Å². The molecule has 0 spiro atoms. The molecule has 1 aliphatic heterocycles. The number of aliphatic hydroxyl groups excluding tert-OH is 1. The number of fused-ring (bicyclic) bond motifs is 1. The van der Waals surface area contributed by atoms with Gasteiger partial charge in [0.25, 0.3) is 11.7 Å². The van der Waals surface area contributed by atoms with E-state index in [-0.39, 0.29) is 21.9 Å². The number of hydrogen-bond acceptors (Lipinski definition) is 4. The van der Waals surface area contributed by atoms with Crippen LogP contribution in [0.4, 0.5) is 5.69 Å². The van der Waals surface area contributed by atoms with Gasteiger partial charge in [0.1, 0.15) is 11.5 Å². The lowest BCUT2D eigenvalue weighted by Crippen LogP contribution is -2.29. The first-order valence-electron chi connectivity index (χ1n) is 12.3. The molecular formula is C30H27ClN2O4. The Bertz CT molecular complexity index is 1550. The van der Waals surface area contributed by atoms with E-state index in [9.17, 15) is 14.7 Å². The van der Waals surface area contributed by atoms with E-state index in [1.807, 2.05) is 62.4 Å². The van der Waals surface area contributed by atoms with Crippen molar-refractivity contribution in [2.24, 2.45) is 0 Å². The van der Waals surface area contributed by atoms with Crippen molar-refractivity contribution < 1.29 is 19.4 Å². The Morgan fingerprint density at radius 2 is 1.78 bits per heavy atom. The van der Waals surface area contributed by atoms with Gasteiger partial charge in [0.15, 0.2) is 0 Å². The van der Waals surface area contributed by atoms with Crippen LogP contribution >= 0.6 is 11.6 Å². The van der Waals surface area contributed by atoms with Crippen molar-refractivity contribution in [2.45, 2.75) is 33.2 Å². The molecule has 0 bridgehead atoms. The minimum atomic E-state index is -0.865. The molecule has 1 fully saturated rings. The molecule has 3 aromatic carbocycles. The number of H-pyrrole nitrogens is 1. The van der Waals surface area contributed by atoms with Crippen LogP contribution in [0.5, 0.6) is 5.75 Å². The SMILES string of the molecule is CCOc1ccc(Cl)c(/C(O)=C2\C(=O)C(=O)N(c3ccc(CC)cc3)C2c2c(C)[nH]c3ccccc23)c1. The van der Waals surface area contributed by atoms with Gasteiger partial charge in [-0.05, 0) is 62.2 Å². The number of carbonyl (C=O) groups is 2. The highest BCUT2D eigenvalue weighted by atomic mass is 35.5. The average molecular weight is 515 g/mol. The molecule has 1 aromatic heterocycles. The van der Waals surface area contributed by atoms with Gasteiger partial charge >= 0.3 is 0 Å². The quantitative estimate of drug-likeness (QED) is 0.170. The Labute approximate surface area is 220 Å². The summed E-state index contributed by atoms with van der Waals surface area (Å²) in [5, 5.41) is 12.7. The first kappa shape index (κ1) is 24.7. The Balaban J connectivity index is 1.79. The van der Waals surface area contributed by atoms with Crippen LogP contribution in [0.2, 0.25) is 5.02 Å². The number of Topliss-reactive ketones (excluding diaryl/α,β-unsaturated/α-hetero) is 1. The number of aliphatic hydroxyl groups is 1. The number of nitrogens with zero attached hydrogens (tertiary/aromatic N) is 1. The molecule has 1 unspecified atom stereocenters. The summed E-state index contributed by atoms with van der Waals surface area (Å²) >= 11 is 6.47. The number of rotatable bonds is 6. The van der Waals surface area contributed by atoms with Gasteiger partial charge in [-0.15, -0.1) is 0 Å². The van der Waals surface area contributed by atoms with Crippen molar-refractivity contribution in [3.63, 3.8) is 0 Å². The van der Waals surface area contributed by atoms with E-state index in [0.29, 0.717) is 18.0 Å². The number of nitrogens with one attached hydrogen (secondary N) is 1. The van der Waals surface area contributed by atoms with Crippen molar-refractivity contribution in [3.05, 3.63) is 99.7 Å². The topological polar surface area (TPSA) is 82.6 Å². The minimum Gasteiger partial charge on any atom is -0.507 e. The lowest BCUT2D eigenvalue weighted by Gasteiger charge is -2.26. The molecular weight excluding hydrogens is 488 g/mol. The molecule has 37 heavy (non-hydrogen) atoms. The highest BCUT2D eigenvalue weighted by Crippen LogP contribution is 2.46. The first-order valence-corrected chi connectivity index (χ1v) is 12.6. The van der Waals surface area contributed by atoms with Crippen LogP contribution < -0.4 is 9.64 Å². The van der Waals surface area contributed by atoms with E-state index in [0.717, 1.165) is 34.1 Å². The standard InChI is InChI=1S/C30H27ClN2O4/c1-4-18-10-12-19(13-11-18)33-27(25-17(3)32-24-9-7-6-8-21(24)25)26(29(35)30(33)36)28(34)22-16-20(37-5-2)14-15-23(22)31/h6-16,27,32,34H,4-5H2,1-3H3/b28-26+. The zero-order chi connectivity index (χ0) is 26.3. The van der Waals surface area contributed by atoms with Gasteiger partial charge in [-0.2, -0.15) is 0 Å². The lowest BCUT2D eigenvalue weighted by atomic mass is 9.93. The van der Waals surface area contributed by atoms with Gasteiger partial charge in [-0.25, -0.2) is 0 Å². The van der Waals surface area contributed by atoms with E-state index in [2.05, 4.69) is 11.9 Å². The molecule has 1 amide bonds. The van der Waals surface area contributed by atoms with Crippen LogP contribution in [-0.2, 0) is 16.0 Å². The maximum Gasteiger partial charge on any atom is 0.300 e. The summed E-state index contributed by atoms with van der Waals surface area (Å²) in [4.78, 5) is 32.0. The maximum absolute atomic E-state index is 13.6. The van der Waals surface area contributed by atoms with Crippen molar-refractivity contribution in [3.8, 4) is 5.75 Å². The number of aromatic nitrogens is 1. The Morgan fingerprint density at radius 3 is 2.49 bits per heavy atom. The number of ether oxygens (including phenoxy) is 1. The second-order valence-electron chi connectivity index (χ2n) is 8.97. The van der Waals surface area contributed by atoms with E-state index >= 15 is 0 Å². The van der Waals surface area contributed by atoms with Gasteiger partial charge in [0.2, 0.25) is 0 Å². The number of amides is 1. The number of para-hydroxylation sites is 1. The molecule has 0 aliphatic carbocycles. The van der Waals surface area contributed by atoms with Crippen LogP contribution in [0.1, 0.15) is 42.3 Å². The van der Waals surface area contributed by atoms with Crippen molar-refractivity contribution in [2.75, 3.05) is 11.5 Å². The van der Waals surface area contributed by atoms with Crippen molar-refractivity contribution >= 4 is 45.6 Å². The molecule has 1 saturated heterocycles. The first-order chi connectivity index (χ1) is 17.8. The monoisotopic (exact) mass is 514 g/mol. The number of hydrogen-bond donors (Lipinski definition) is 2. The number of benzene rings is 3. The predicted octanol–water partition coefficient (Wildman–Crippen LogP) is 6.72. The molecule has 6 nitrogen and oxygen atoms in total. The van der Waals surface area contributed by atoms with E-state index in [1.165, 1.54) is 4.90 Å². The number of aryl methyl sites for hydroxylation is 2. The summed E-state index contributed by atoms with van der Waals surface area (Å²) in [6.07, 6.45) is 0.846. The average Bonchev–Trinajstić information content (AvgIpc) is 3.37. The smallest absolute Gasteiger partial charge is 0.300 e. The number of halogens is 1. The van der Waals surface area contributed by atoms with Gasteiger partial charge in [-0.1, -0.05) is 48.9 Å². The van der Waals surface area contributed by atoms with E-state index in [1.54, 1.807) is 18.2 Å². The number of carbonyl (C=O) groups excluding carboxylic acids is 2. The number of aromatic amines is 1. The summed E-state index contributed by atoms with van der Waals surface area (Å²) in [7, 11) is 0. The molecule has 4 aromatic rings. The van der Waals surface area contributed by atoms with Gasteiger partial charge < -0.3 is 14.8 Å². The van der Waals surface area contributed by atoms with Gasteiger partial charge in [0.05, 0.1) is 23.2 Å². The van der Waals surface area contributed by atoms with Crippen molar-refractivity contribution in [1.82, 2.24) is 4.98 Å². The third-order valence-corrected chi connectivity index (χ3v) is 7.12. The fraction of sp³-hybridized carbons (Fsp3) is 0.200. The molecule has 188 valence electrons. The number of ketones is 1. The molecule has 0 radical (unpaired) electrons. The Morgan fingerprint density at radius 1 is 1.05 bits per heavy atom. The highest BCUT2D eigenvalue weighted by molar-refractivity contribution is 6.52. The molecule has 1 atom stereocenters. The Hall–Kier alpha value is -4.03. The summed E-state index contributed by atoms with van der Waals surface area (Å²) in [6, 6.07) is 19.3. The van der Waals surface area contributed by atoms with E-state index < -0.39 is 17.7 Å². The van der Waals surface area contributed by atoms with Crippen molar-refractivity contribution in [1.29, 1.82) is 0 Å². The molecule has 7 heteroatoms. The second kappa shape index (κ2) is 9.79. The maximum atomic E-state index is 13.6. The molecule has 0 saturated carbocycles. The molecule has 2 heterocycles. The summed E-state index contributed by atoms with van der Waals surface area (Å²) in [5.74, 6) is -1.33. The summed E-state index contributed by atoms with van der Waals surface area (Å²) in [5.41, 5.74) is 4.30. The minimum absolute atomic E-state index is 0.0204. The van der Waals surface area contributed by atoms with Crippen LogP contribution in [0.15, 0.2) is 72.3 Å². The van der Waals surface area contributed by atoms with Crippen LogP contribution in [-0.4, -0.2) is 28.4 Å². The molecule has 2 N–H and O–H groups in total. The second-order valence-corrected chi connectivity index (χ2v) is 9.38. The largest absolute Gasteiger partial charge is 0.507 e. The summed E-state index contributed by atoms with van der Waals surface area (Å²) < 4.78 is 5.59.